The molecular formula is C50H33N3O. The van der Waals surface area contributed by atoms with Crippen LogP contribution in [0.3, 0.4) is 0 Å². The highest BCUT2D eigenvalue weighted by Crippen LogP contribution is 2.43. The molecule has 0 spiro atoms. The van der Waals surface area contributed by atoms with Crippen molar-refractivity contribution in [3.63, 3.8) is 0 Å². The predicted octanol–water partition coefficient (Wildman–Crippen LogP) is 13.2. The van der Waals surface area contributed by atoms with Gasteiger partial charge in [-0.25, -0.2) is 15.0 Å². The zero-order chi connectivity index (χ0) is 36.0. The second-order valence-electron chi connectivity index (χ2n) is 13.7. The van der Waals surface area contributed by atoms with Gasteiger partial charge < -0.3 is 4.42 Å². The number of aryl methyl sites for hydroxylation is 1. The lowest BCUT2D eigenvalue weighted by molar-refractivity contribution is 0.669. The molecule has 254 valence electrons. The van der Waals surface area contributed by atoms with Crippen LogP contribution in [0, 0.1) is 6.92 Å². The summed E-state index contributed by atoms with van der Waals surface area (Å²) in [4.78, 5) is 15.1. The van der Waals surface area contributed by atoms with E-state index in [9.17, 15) is 0 Å². The smallest absolute Gasteiger partial charge is 0.164 e. The maximum atomic E-state index is 6.72. The minimum Gasteiger partial charge on any atom is -0.456 e. The second kappa shape index (κ2) is 13.1. The minimum atomic E-state index is 0.588. The third-order valence-electron chi connectivity index (χ3n) is 10.2. The van der Waals surface area contributed by atoms with E-state index in [-0.39, 0.29) is 0 Å². The SMILES string of the molecule is Cc1cccc(-c2ccc(-c3nc(-c4ccccc4)nc(-c4ccc5c(c4)oc4cc6ccccc6c(-c6cccc(-c7ccccc7)c6)c45)n3)cc2)c1. The number of furan rings is 1. The zero-order valence-corrected chi connectivity index (χ0v) is 29.6. The average Bonchev–Trinajstić information content (AvgIpc) is 3.60. The first kappa shape index (κ1) is 31.6. The fourth-order valence-corrected chi connectivity index (χ4v) is 7.51. The molecule has 0 N–H and O–H groups in total. The largest absolute Gasteiger partial charge is 0.456 e. The number of benzene rings is 8. The molecule has 0 unspecified atom stereocenters. The van der Waals surface area contributed by atoms with E-state index >= 15 is 0 Å². The van der Waals surface area contributed by atoms with Crippen molar-refractivity contribution in [2.75, 3.05) is 0 Å². The standard InChI is InChI=1S/C50H33N3O/c1-32-12-10-18-37(28-32)34-22-24-36(25-23-34)49-51-48(35-15-6-3-7-16-35)52-50(53-49)41-26-27-43-44(31-41)54-45-30-39-17-8-9-21-42(39)46(47(43)45)40-20-11-19-38(29-40)33-13-4-2-5-14-33/h2-31H,1H3. The highest BCUT2D eigenvalue weighted by molar-refractivity contribution is 6.21. The molecular weight excluding hydrogens is 659 g/mol. The van der Waals surface area contributed by atoms with E-state index in [1.54, 1.807) is 0 Å². The Hall–Kier alpha value is -7.17. The number of rotatable bonds is 6. The first-order chi connectivity index (χ1) is 26.6. The van der Waals surface area contributed by atoms with Gasteiger partial charge in [0.15, 0.2) is 17.5 Å². The lowest BCUT2D eigenvalue weighted by atomic mass is 9.91. The van der Waals surface area contributed by atoms with Crippen LogP contribution >= 0.6 is 0 Å². The molecule has 0 aliphatic heterocycles. The molecule has 4 heteroatoms. The molecule has 0 radical (unpaired) electrons. The van der Waals surface area contributed by atoms with Gasteiger partial charge in [-0.05, 0) is 69.8 Å². The van der Waals surface area contributed by atoms with Gasteiger partial charge in [0, 0.05) is 33.0 Å². The molecule has 10 aromatic rings. The molecule has 0 fully saturated rings. The van der Waals surface area contributed by atoms with Crippen molar-refractivity contribution in [2.45, 2.75) is 6.92 Å². The topological polar surface area (TPSA) is 51.8 Å². The lowest BCUT2D eigenvalue weighted by Crippen LogP contribution is -2.00. The molecule has 8 aromatic carbocycles. The van der Waals surface area contributed by atoms with Crippen LogP contribution in [-0.4, -0.2) is 15.0 Å². The Labute approximate surface area is 313 Å². The van der Waals surface area contributed by atoms with E-state index in [0.29, 0.717) is 17.5 Å². The van der Waals surface area contributed by atoms with Crippen molar-refractivity contribution in [2.24, 2.45) is 0 Å². The Balaban J connectivity index is 1.12. The molecule has 0 atom stereocenters. The summed E-state index contributed by atoms with van der Waals surface area (Å²) in [5.41, 5.74) is 12.6. The summed E-state index contributed by atoms with van der Waals surface area (Å²) < 4.78 is 6.72. The van der Waals surface area contributed by atoms with Crippen molar-refractivity contribution in [3.05, 3.63) is 188 Å². The van der Waals surface area contributed by atoms with Crippen LogP contribution in [0.5, 0.6) is 0 Å². The fourth-order valence-electron chi connectivity index (χ4n) is 7.51. The molecule has 0 saturated heterocycles. The van der Waals surface area contributed by atoms with Gasteiger partial charge in [0.25, 0.3) is 0 Å². The predicted molar refractivity (Wildman–Crippen MR) is 222 cm³/mol. The normalized spacial score (nSPS) is 11.4. The van der Waals surface area contributed by atoms with E-state index in [0.717, 1.165) is 60.7 Å². The van der Waals surface area contributed by atoms with Crippen LogP contribution in [0.4, 0.5) is 0 Å². The number of fused-ring (bicyclic) bond motifs is 4. The molecule has 2 heterocycles. The van der Waals surface area contributed by atoms with Crippen molar-refractivity contribution in [3.8, 4) is 67.5 Å². The summed E-state index contributed by atoms with van der Waals surface area (Å²) in [6.45, 7) is 2.11. The van der Waals surface area contributed by atoms with E-state index in [2.05, 4.69) is 159 Å². The van der Waals surface area contributed by atoms with Crippen LogP contribution in [0.15, 0.2) is 186 Å². The molecule has 54 heavy (non-hydrogen) atoms. The maximum Gasteiger partial charge on any atom is 0.164 e. The van der Waals surface area contributed by atoms with E-state index in [1.807, 2.05) is 30.3 Å². The van der Waals surface area contributed by atoms with Gasteiger partial charge in [0.2, 0.25) is 0 Å². The lowest BCUT2D eigenvalue weighted by Gasteiger charge is -2.11. The molecule has 0 aliphatic rings. The van der Waals surface area contributed by atoms with Crippen LogP contribution in [0.1, 0.15) is 5.56 Å². The van der Waals surface area contributed by atoms with E-state index < -0.39 is 0 Å². The molecule has 4 nitrogen and oxygen atoms in total. The van der Waals surface area contributed by atoms with Gasteiger partial charge in [0.05, 0.1) is 0 Å². The molecule has 0 aliphatic carbocycles. The van der Waals surface area contributed by atoms with Crippen LogP contribution < -0.4 is 0 Å². The van der Waals surface area contributed by atoms with E-state index in [1.165, 1.54) is 27.6 Å². The number of nitrogens with zero attached hydrogens (tertiary/aromatic N) is 3. The molecule has 0 saturated carbocycles. The van der Waals surface area contributed by atoms with Crippen molar-refractivity contribution in [1.82, 2.24) is 15.0 Å². The van der Waals surface area contributed by atoms with Crippen molar-refractivity contribution >= 4 is 32.7 Å². The first-order valence-corrected chi connectivity index (χ1v) is 18.2. The molecule has 10 rings (SSSR count). The van der Waals surface area contributed by atoms with Crippen molar-refractivity contribution in [1.29, 1.82) is 0 Å². The third kappa shape index (κ3) is 5.71. The highest BCUT2D eigenvalue weighted by Gasteiger charge is 2.19. The van der Waals surface area contributed by atoms with Gasteiger partial charge >= 0.3 is 0 Å². The Morgan fingerprint density at radius 2 is 0.889 bits per heavy atom. The Morgan fingerprint density at radius 3 is 1.63 bits per heavy atom. The Bertz CT molecular complexity index is 2990. The number of aromatic nitrogens is 3. The van der Waals surface area contributed by atoms with Gasteiger partial charge in [0.1, 0.15) is 11.2 Å². The summed E-state index contributed by atoms with van der Waals surface area (Å²) in [5.74, 6) is 1.82. The number of hydrogen-bond acceptors (Lipinski definition) is 4. The Morgan fingerprint density at radius 1 is 0.352 bits per heavy atom. The summed E-state index contributed by atoms with van der Waals surface area (Å²) in [5, 5.41) is 4.46. The maximum absolute atomic E-state index is 6.72. The van der Waals surface area contributed by atoms with Gasteiger partial charge in [-0.15, -0.1) is 0 Å². The quantitative estimate of drug-likeness (QED) is 0.174. The van der Waals surface area contributed by atoms with Gasteiger partial charge in [-0.3, -0.25) is 0 Å². The molecule has 0 bridgehead atoms. The second-order valence-corrected chi connectivity index (χ2v) is 13.7. The molecule has 2 aromatic heterocycles. The van der Waals surface area contributed by atoms with Crippen molar-refractivity contribution < 1.29 is 4.42 Å². The first-order valence-electron chi connectivity index (χ1n) is 18.2. The summed E-state index contributed by atoms with van der Waals surface area (Å²) in [6, 6.07) is 63.4. The minimum absolute atomic E-state index is 0.588. The van der Waals surface area contributed by atoms with Crippen LogP contribution in [-0.2, 0) is 0 Å². The van der Waals surface area contributed by atoms with Gasteiger partial charge in [-0.1, -0.05) is 163 Å². The summed E-state index contributed by atoms with van der Waals surface area (Å²) >= 11 is 0. The molecule has 0 amide bonds. The van der Waals surface area contributed by atoms with Crippen LogP contribution in [0.2, 0.25) is 0 Å². The highest BCUT2D eigenvalue weighted by atomic mass is 16.3. The third-order valence-corrected chi connectivity index (χ3v) is 10.2. The number of hydrogen-bond donors (Lipinski definition) is 0. The van der Waals surface area contributed by atoms with E-state index in [4.69, 9.17) is 19.4 Å². The fraction of sp³-hybridized carbons (Fsp3) is 0.0200. The zero-order valence-electron chi connectivity index (χ0n) is 29.6. The average molecular weight is 692 g/mol. The van der Waals surface area contributed by atoms with Crippen LogP contribution in [0.25, 0.3) is 100 Å². The monoisotopic (exact) mass is 691 g/mol. The summed E-state index contributed by atoms with van der Waals surface area (Å²) in [7, 11) is 0. The summed E-state index contributed by atoms with van der Waals surface area (Å²) in [6.07, 6.45) is 0. The van der Waals surface area contributed by atoms with Gasteiger partial charge in [-0.2, -0.15) is 0 Å². The Kier molecular flexibility index (Phi) is 7.66.